The third-order valence-electron chi connectivity index (χ3n) is 5.59. The molecule has 11 heteroatoms. The highest BCUT2D eigenvalue weighted by Gasteiger charge is 2.34. The normalized spacial score (nSPS) is 14.6. The smallest absolute Gasteiger partial charge is 0.276 e. The number of hydrogen-bond donors (Lipinski definition) is 2. The highest BCUT2D eigenvalue weighted by Crippen LogP contribution is 2.34. The summed E-state index contributed by atoms with van der Waals surface area (Å²) in [7, 11) is 0. The molecule has 0 saturated heterocycles. The zero-order valence-corrected chi connectivity index (χ0v) is 20.7. The number of amides is 2. The second-order valence-electron chi connectivity index (χ2n) is 8.16. The highest BCUT2D eigenvalue weighted by atomic mass is 35.5. The van der Waals surface area contributed by atoms with Crippen molar-refractivity contribution in [2.45, 2.75) is 25.9 Å². The fourth-order valence-electron chi connectivity index (χ4n) is 3.78. The van der Waals surface area contributed by atoms with Gasteiger partial charge >= 0.3 is 0 Å². The number of hydrogen-bond acceptors (Lipinski definition) is 6. The summed E-state index contributed by atoms with van der Waals surface area (Å²) in [5, 5.41) is 16.4. The first kappa shape index (κ1) is 25.3. The van der Waals surface area contributed by atoms with Crippen LogP contribution in [0.5, 0.6) is 5.75 Å². The predicted molar refractivity (Wildman–Crippen MR) is 136 cm³/mol. The van der Waals surface area contributed by atoms with Gasteiger partial charge in [-0.05, 0) is 73.0 Å². The Kier molecular flexibility index (Phi) is 7.61. The van der Waals surface area contributed by atoms with Gasteiger partial charge in [-0.25, -0.2) is 5.01 Å². The van der Waals surface area contributed by atoms with Crippen LogP contribution in [0, 0.1) is 17.0 Å². The van der Waals surface area contributed by atoms with E-state index in [4.69, 9.17) is 27.9 Å². The van der Waals surface area contributed by atoms with Gasteiger partial charge in [0.05, 0.1) is 17.1 Å². The Morgan fingerprint density at radius 1 is 1.11 bits per heavy atom. The lowest BCUT2D eigenvalue weighted by Gasteiger charge is -2.37. The van der Waals surface area contributed by atoms with Crippen LogP contribution in [0.1, 0.15) is 40.5 Å². The number of nitrogens with one attached hydrogen (secondary N) is 2. The SMILES string of the molecule is Cc1cc(Cl)ccc1OCCCC(=O)NN1C(=O)c2cc(Cl)ccc2NC1c1ccc([N+](=O)[O-])cc1. The van der Waals surface area contributed by atoms with Crippen LogP contribution in [0.4, 0.5) is 11.4 Å². The number of benzene rings is 3. The van der Waals surface area contributed by atoms with Crippen molar-refractivity contribution in [3.8, 4) is 5.75 Å². The number of ether oxygens (including phenoxy) is 1. The molecule has 36 heavy (non-hydrogen) atoms. The Bertz CT molecular complexity index is 1320. The van der Waals surface area contributed by atoms with E-state index >= 15 is 0 Å². The van der Waals surface area contributed by atoms with E-state index in [-0.39, 0.29) is 18.0 Å². The molecule has 1 heterocycles. The zero-order chi connectivity index (χ0) is 25.8. The maximum absolute atomic E-state index is 13.3. The van der Waals surface area contributed by atoms with Gasteiger partial charge in [0, 0.05) is 34.3 Å². The summed E-state index contributed by atoms with van der Waals surface area (Å²) in [6.45, 7) is 2.18. The Morgan fingerprint density at radius 2 is 1.81 bits per heavy atom. The maximum Gasteiger partial charge on any atom is 0.276 e. The van der Waals surface area contributed by atoms with Gasteiger partial charge in [0.15, 0.2) is 0 Å². The largest absolute Gasteiger partial charge is 0.493 e. The first-order valence-corrected chi connectivity index (χ1v) is 11.8. The van der Waals surface area contributed by atoms with Crippen LogP contribution in [0.2, 0.25) is 10.0 Å². The molecule has 2 N–H and O–H groups in total. The van der Waals surface area contributed by atoms with Gasteiger partial charge in [0.25, 0.3) is 11.6 Å². The maximum atomic E-state index is 13.3. The molecular formula is C25H22Cl2N4O5. The van der Waals surface area contributed by atoms with E-state index in [1.165, 1.54) is 35.3 Å². The monoisotopic (exact) mass is 528 g/mol. The average Bonchev–Trinajstić information content (AvgIpc) is 2.85. The number of anilines is 1. The molecule has 9 nitrogen and oxygen atoms in total. The van der Waals surface area contributed by atoms with Crippen molar-refractivity contribution < 1.29 is 19.2 Å². The van der Waals surface area contributed by atoms with Crippen molar-refractivity contribution in [1.82, 2.24) is 10.4 Å². The summed E-state index contributed by atoms with van der Waals surface area (Å²) in [4.78, 5) is 36.6. The summed E-state index contributed by atoms with van der Waals surface area (Å²) in [5.41, 5.74) is 4.85. The minimum absolute atomic E-state index is 0.0837. The fraction of sp³-hybridized carbons (Fsp3) is 0.200. The summed E-state index contributed by atoms with van der Waals surface area (Å²) in [5.74, 6) is -0.170. The van der Waals surface area contributed by atoms with E-state index in [0.29, 0.717) is 45.6 Å². The quantitative estimate of drug-likeness (QED) is 0.221. The molecular weight excluding hydrogens is 507 g/mol. The number of rotatable bonds is 8. The molecule has 0 aromatic heterocycles. The van der Waals surface area contributed by atoms with Gasteiger partial charge in [-0.2, -0.15) is 0 Å². The first-order chi connectivity index (χ1) is 17.2. The lowest BCUT2D eigenvalue weighted by atomic mass is 10.0. The number of carbonyl (C=O) groups is 2. The van der Waals surface area contributed by atoms with Gasteiger partial charge in [0.2, 0.25) is 5.91 Å². The molecule has 1 aliphatic rings. The number of nitrogens with zero attached hydrogens (tertiary/aromatic N) is 2. The number of nitro groups is 1. The summed E-state index contributed by atoms with van der Waals surface area (Å²) in [6.07, 6.45) is -0.274. The molecule has 0 fully saturated rings. The Hall–Kier alpha value is -3.82. The molecule has 3 aromatic carbocycles. The van der Waals surface area contributed by atoms with Gasteiger partial charge < -0.3 is 10.1 Å². The Labute approximate surface area is 217 Å². The molecule has 186 valence electrons. The molecule has 3 aromatic rings. The molecule has 0 bridgehead atoms. The number of nitro benzene ring substituents is 1. The number of halogens is 2. The number of aryl methyl sites for hydroxylation is 1. The van der Waals surface area contributed by atoms with Crippen LogP contribution in [-0.4, -0.2) is 28.4 Å². The van der Waals surface area contributed by atoms with Crippen LogP contribution in [-0.2, 0) is 4.79 Å². The number of carbonyl (C=O) groups excluding carboxylic acids is 2. The lowest BCUT2D eigenvalue weighted by molar-refractivity contribution is -0.384. The molecule has 0 aliphatic carbocycles. The van der Waals surface area contributed by atoms with Gasteiger partial charge in [0.1, 0.15) is 11.9 Å². The minimum Gasteiger partial charge on any atom is -0.493 e. The summed E-state index contributed by atoms with van der Waals surface area (Å²) >= 11 is 12.0. The second-order valence-corrected chi connectivity index (χ2v) is 9.03. The molecule has 1 aliphatic heterocycles. The number of hydrazine groups is 1. The predicted octanol–water partition coefficient (Wildman–Crippen LogP) is 5.67. The first-order valence-electron chi connectivity index (χ1n) is 11.1. The average molecular weight is 529 g/mol. The molecule has 0 radical (unpaired) electrons. The second kappa shape index (κ2) is 10.8. The van der Waals surface area contributed by atoms with Crippen molar-refractivity contribution in [2.24, 2.45) is 0 Å². The van der Waals surface area contributed by atoms with E-state index in [0.717, 1.165) is 5.56 Å². The zero-order valence-electron chi connectivity index (χ0n) is 19.2. The third kappa shape index (κ3) is 5.69. The molecule has 2 amide bonds. The van der Waals surface area contributed by atoms with E-state index in [1.54, 1.807) is 30.3 Å². The standard InChI is InChI=1S/C25H22Cl2N4O5/c1-15-13-17(26)7-11-22(15)36-12-2-3-23(32)29-30-24(16-4-8-19(9-5-16)31(34)35)28-21-10-6-18(27)14-20(21)25(30)33/h4-11,13-14,24,28H,2-3,12H2,1H3,(H,29,32). The van der Waals surface area contributed by atoms with Crippen LogP contribution < -0.4 is 15.5 Å². The van der Waals surface area contributed by atoms with Crippen molar-refractivity contribution >= 4 is 46.4 Å². The summed E-state index contributed by atoms with van der Waals surface area (Å²) in [6, 6.07) is 15.9. The van der Waals surface area contributed by atoms with Gasteiger partial charge in [-0.15, -0.1) is 0 Å². The van der Waals surface area contributed by atoms with Crippen molar-refractivity contribution in [1.29, 1.82) is 0 Å². The van der Waals surface area contributed by atoms with Crippen LogP contribution in [0.15, 0.2) is 60.7 Å². The topological polar surface area (TPSA) is 114 Å². The Morgan fingerprint density at radius 3 is 2.50 bits per heavy atom. The molecule has 1 atom stereocenters. The highest BCUT2D eigenvalue weighted by molar-refractivity contribution is 6.31. The van der Waals surface area contributed by atoms with E-state index in [1.807, 2.05) is 6.92 Å². The molecule has 0 spiro atoms. The molecule has 0 saturated carbocycles. The van der Waals surface area contributed by atoms with Crippen molar-refractivity contribution in [3.63, 3.8) is 0 Å². The number of fused-ring (bicyclic) bond motifs is 1. The van der Waals surface area contributed by atoms with Crippen LogP contribution in [0.25, 0.3) is 0 Å². The lowest BCUT2D eigenvalue weighted by Crippen LogP contribution is -2.52. The van der Waals surface area contributed by atoms with Crippen LogP contribution >= 0.6 is 23.2 Å². The van der Waals surface area contributed by atoms with Crippen molar-refractivity contribution in [2.75, 3.05) is 11.9 Å². The van der Waals surface area contributed by atoms with Crippen LogP contribution in [0.3, 0.4) is 0 Å². The third-order valence-corrected chi connectivity index (χ3v) is 6.06. The molecule has 1 unspecified atom stereocenters. The Balaban J connectivity index is 1.46. The number of non-ortho nitro benzene ring substituents is 1. The van der Waals surface area contributed by atoms with Crippen molar-refractivity contribution in [3.05, 3.63) is 97.5 Å². The fourth-order valence-corrected chi connectivity index (χ4v) is 4.18. The van der Waals surface area contributed by atoms with E-state index in [2.05, 4.69) is 10.7 Å². The minimum atomic E-state index is -0.788. The van der Waals surface area contributed by atoms with E-state index < -0.39 is 17.0 Å². The van der Waals surface area contributed by atoms with Gasteiger partial charge in [-0.3, -0.25) is 25.1 Å². The summed E-state index contributed by atoms with van der Waals surface area (Å²) < 4.78 is 5.73. The van der Waals surface area contributed by atoms with E-state index in [9.17, 15) is 19.7 Å². The molecule has 4 rings (SSSR count). The van der Waals surface area contributed by atoms with Gasteiger partial charge in [-0.1, -0.05) is 23.2 Å².